The van der Waals surface area contributed by atoms with E-state index in [1.807, 2.05) is 0 Å². The van der Waals surface area contributed by atoms with E-state index in [2.05, 4.69) is 15.5 Å². The van der Waals surface area contributed by atoms with Crippen molar-refractivity contribution in [3.05, 3.63) is 27.4 Å². The number of hydrogen-bond donors (Lipinski definition) is 1. The van der Waals surface area contributed by atoms with Crippen LogP contribution in [0.2, 0.25) is 0 Å². The van der Waals surface area contributed by atoms with Gasteiger partial charge in [0.05, 0.1) is 10.9 Å². The summed E-state index contributed by atoms with van der Waals surface area (Å²) in [7, 11) is 2.38. The van der Waals surface area contributed by atoms with Crippen molar-refractivity contribution in [2.24, 2.45) is 5.16 Å². The van der Waals surface area contributed by atoms with Crippen LogP contribution in [0.25, 0.3) is 0 Å². The first-order valence-corrected chi connectivity index (χ1v) is 13.1. The Morgan fingerprint density at radius 2 is 2.11 bits per heavy atom. The SMILES string of the molecule is BOC(=O)C1=C(CCl)C[S+]([O-])[C@@H]2[C@H](NC(=O)/C(=N\OC3(C(=O)OB)CC3)c3csc(C)n3)C(=O)N12. The van der Waals surface area contributed by atoms with Crippen molar-refractivity contribution in [2.75, 3.05) is 11.6 Å². The predicted molar refractivity (Wildman–Crippen MR) is 129 cm³/mol. The van der Waals surface area contributed by atoms with Crippen LogP contribution in [0.15, 0.2) is 21.8 Å². The summed E-state index contributed by atoms with van der Waals surface area (Å²) >= 11 is 5.52. The van der Waals surface area contributed by atoms with Crippen LogP contribution in [0.4, 0.5) is 0 Å². The molecular formula is C18H19B2ClN4O8S2. The summed E-state index contributed by atoms with van der Waals surface area (Å²) in [4.78, 5) is 61.1. The highest BCUT2D eigenvalue weighted by Crippen LogP contribution is 2.41. The molecule has 0 radical (unpaired) electrons. The molecule has 1 N–H and O–H groups in total. The number of nitrogens with one attached hydrogen (secondary N) is 1. The minimum atomic E-state index is -1.64. The van der Waals surface area contributed by atoms with Gasteiger partial charge in [-0.15, -0.1) is 22.9 Å². The number of hydrogen-bond acceptors (Lipinski definition) is 11. The first-order valence-electron chi connectivity index (χ1n) is 10.3. The molecule has 3 heterocycles. The van der Waals surface area contributed by atoms with Gasteiger partial charge in [0.15, 0.2) is 11.8 Å². The molecule has 184 valence electrons. The van der Waals surface area contributed by atoms with E-state index in [0.29, 0.717) is 23.4 Å². The Kier molecular flexibility index (Phi) is 7.18. The summed E-state index contributed by atoms with van der Waals surface area (Å²) in [6.45, 7) is 1.73. The molecule has 0 aromatic carbocycles. The predicted octanol–water partition coefficient (Wildman–Crippen LogP) is -2.20. The number of aromatic nitrogens is 1. The zero-order valence-electron chi connectivity index (χ0n) is 18.9. The summed E-state index contributed by atoms with van der Waals surface area (Å²) in [6, 6.07) is -1.19. The van der Waals surface area contributed by atoms with E-state index in [-0.39, 0.29) is 28.7 Å². The number of halogens is 1. The van der Waals surface area contributed by atoms with Crippen LogP contribution in [0.5, 0.6) is 0 Å². The minimum absolute atomic E-state index is 0.0499. The van der Waals surface area contributed by atoms with Crippen LogP contribution >= 0.6 is 22.9 Å². The van der Waals surface area contributed by atoms with Crippen LogP contribution < -0.4 is 5.32 Å². The molecule has 3 atom stereocenters. The molecule has 0 spiro atoms. The Hall–Kier alpha value is -2.55. The van der Waals surface area contributed by atoms with Crippen LogP contribution in [0.1, 0.15) is 23.5 Å². The number of carbonyl (C=O) groups is 4. The maximum Gasteiger partial charge on any atom is 0.337 e. The lowest BCUT2D eigenvalue weighted by molar-refractivity contribution is -0.150. The molecule has 17 heteroatoms. The molecule has 3 aliphatic rings. The van der Waals surface area contributed by atoms with Gasteiger partial charge in [-0.3, -0.25) is 14.5 Å². The molecule has 12 nitrogen and oxygen atoms in total. The highest BCUT2D eigenvalue weighted by molar-refractivity contribution is 7.92. The topological polar surface area (TPSA) is 160 Å². The fourth-order valence-electron chi connectivity index (χ4n) is 3.69. The Morgan fingerprint density at radius 3 is 2.66 bits per heavy atom. The molecular weight excluding hydrogens is 521 g/mol. The van der Waals surface area contributed by atoms with Gasteiger partial charge in [0.25, 0.3) is 11.8 Å². The number of β-lactam (4-membered cyclic amide) rings is 1. The third-order valence-electron chi connectivity index (χ3n) is 5.68. The highest BCUT2D eigenvalue weighted by Gasteiger charge is 2.61. The summed E-state index contributed by atoms with van der Waals surface area (Å²) in [5.74, 6) is -3.03. The number of rotatable bonds is 8. The molecule has 1 saturated carbocycles. The van der Waals surface area contributed by atoms with Crippen molar-refractivity contribution in [2.45, 2.75) is 36.8 Å². The van der Waals surface area contributed by atoms with Crippen LogP contribution in [0, 0.1) is 6.92 Å². The van der Waals surface area contributed by atoms with Crippen molar-refractivity contribution in [1.82, 2.24) is 15.2 Å². The van der Waals surface area contributed by atoms with Crippen LogP contribution in [-0.2, 0) is 44.5 Å². The van der Waals surface area contributed by atoms with Crippen LogP contribution in [-0.4, -0.2) is 88.6 Å². The second-order valence-corrected chi connectivity index (χ2v) is 10.8. The molecule has 1 unspecified atom stereocenters. The van der Waals surface area contributed by atoms with Gasteiger partial charge in [-0.2, -0.15) is 0 Å². The largest absolute Gasteiger partial charge is 0.614 e. The Labute approximate surface area is 213 Å². The van der Waals surface area contributed by atoms with Gasteiger partial charge in [0.2, 0.25) is 11.0 Å². The summed E-state index contributed by atoms with van der Waals surface area (Å²) in [6.07, 6.45) is 0.744. The Bertz CT molecular complexity index is 1160. The van der Waals surface area contributed by atoms with Gasteiger partial charge in [-0.25, -0.2) is 14.6 Å². The number of nitrogens with zero attached hydrogens (tertiary/aromatic N) is 3. The lowest BCUT2D eigenvalue weighted by Gasteiger charge is -2.49. The zero-order chi connectivity index (χ0) is 25.5. The smallest absolute Gasteiger partial charge is 0.337 e. The third kappa shape index (κ3) is 4.55. The number of fused-ring (bicyclic) bond motifs is 1. The standard InChI is InChI=1S/C18H19B2ClN4O8S2/c1-7-22-9(5-34-7)10(24-33-18(2-3-18)17(29)32-20)13(26)23-11-14(27)25-12(16(28)31-19)8(4-21)6-35(30)15(11)25/h5,11,15H,2-4,6,19-20H2,1H3,(H,23,26)/b24-10-/t11-,15-,35?/m1/s1. The van der Waals surface area contributed by atoms with E-state index < -0.39 is 51.9 Å². The van der Waals surface area contributed by atoms with Gasteiger partial charge in [0, 0.05) is 23.8 Å². The molecule has 2 fully saturated rings. The molecule has 1 aliphatic carbocycles. The summed E-state index contributed by atoms with van der Waals surface area (Å²) in [5.41, 5.74) is -1.10. The molecule has 0 bridgehead atoms. The average molecular weight is 541 g/mol. The van der Waals surface area contributed by atoms with E-state index in [1.165, 1.54) is 19.4 Å². The number of amides is 2. The number of carbonyl (C=O) groups excluding carboxylic acids is 4. The molecule has 1 aromatic heterocycles. The number of thiazole rings is 1. The minimum Gasteiger partial charge on any atom is -0.614 e. The normalized spacial score (nSPS) is 24.8. The summed E-state index contributed by atoms with van der Waals surface area (Å²) < 4.78 is 22.3. The number of aryl methyl sites for hydroxylation is 1. The molecule has 1 saturated heterocycles. The van der Waals surface area contributed by atoms with Gasteiger partial charge < -0.3 is 24.0 Å². The maximum absolute atomic E-state index is 13.2. The van der Waals surface area contributed by atoms with Gasteiger partial charge in [-0.05, 0) is 18.1 Å². The molecule has 35 heavy (non-hydrogen) atoms. The second-order valence-electron chi connectivity index (χ2n) is 7.92. The molecule has 4 rings (SSSR count). The van der Waals surface area contributed by atoms with Gasteiger partial charge >= 0.3 is 28.0 Å². The first kappa shape index (κ1) is 25.5. The average Bonchev–Trinajstić information content (AvgIpc) is 3.53. The van der Waals surface area contributed by atoms with E-state index >= 15 is 0 Å². The van der Waals surface area contributed by atoms with E-state index in [4.69, 9.17) is 25.7 Å². The Morgan fingerprint density at radius 1 is 1.40 bits per heavy atom. The quantitative estimate of drug-likeness (QED) is 0.0964. The zero-order valence-corrected chi connectivity index (χ0v) is 21.3. The van der Waals surface area contributed by atoms with E-state index in [0.717, 1.165) is 12.9 Å². The van der Waals surface area contributed by atoms with Crippen molar-refractivity contribution in [1.29, 1.82) is 0 Å². The third-order valence-corrected chi connectivity index (χ3v) is 8.43. The van der Waals surface area contributed by atoms with Crippen molar-refractivity contribution in [3.63, 3.8) is 0 Å². The lowest BCUT2D eigenvalue weighted by atomic mass is 10.0. The van der Waals surface area contributed by atoms with Crippen LogP contribution in [0.3, 0.4) is 0 Å². The molecule has 2 aliphatic heterocycles. The van der Waals surface area contributed by atoms with Gasteiger partial charge in [-0.1, -0.05) is 5.16 Å². The monoisotopic (exact) mass is 540 g/mol. The number of alkyl halides is 1. The number of oxime groups is 1. The highest BCUT2D eigenvalue weighted by atomic mass is 35.5. The fraction of sp³-hybridized carbons (Fsp3) is 0.444. The van der Waals surface area contributed by atoms with Crippen molar-refractivity contribution >= 4 is 79.7 Å². The Balaban J connectivity index is 1.58. The fourth-order valence-corrected chi connectivity index (χ4v) is 6.31. The van der Waals surface area contributed by atoms with Crippen molar-refractivity contribution in [3.8, 4) is 0 Å². The van der Waals surface area contributed by atoms with E-state index in [1.54, 1.807) is 12.3 Å². The van der Waals surface area contributed by atoms with Crippen molar-refractivity contribution < 1.29 is 37.9 Å². The second kappa shape index (κ2) is 9.84. The molecule has 1 aromatic rings. The first-order chi connectivity index (χ1) is 16.7. The van der Waals surface area contributed by atoms with E-state index in [9.17, 15) is 23.7 Å². The molecule has 2 amide bonds. The maximum atomic E-state index is 13.2. The summed E-state index contributed by atoms with van der Waals surface area (Å²) in [5, 5.41) is 7.65. The van der Waals surface area contributed by atoms with Gasteiger partial charge in [0.1, 0.15) is 17.1 Å². The lowest BCUT2D eigenvalue weighted by Crippen LogP contribution is -2.75.